The van der Waals surface area contributed by atoms with E-state index in [4.69, 9.17) is 5.73 Å². The maximum absolute atomic E-state index is 12.1. The lowest BCUT2D eigenvalue weighted by Crippen LogP contribution is -2.47. The van der Waals surface area contributed by atoms with Gasteiger partial charge in [0, 0.05) is 18.0 Å². The molecule has 1 amide bonds. The van der Waals surface area contributed by atoms with E-state index in [0.29, 0.717) is 12.5 Å². The van der Waals surface area contributed by atoms with Gasteiger partial charge < -0.3 is 11.1 Å². The van der Waals surface area contributed by atoms with Gasteiger partial charge in [0.15, 0.2) is 0 Å². The van der Waals surface area contributed by atoms with Crippen LogP contribution in [-0.2, 0) is 4.79 Å². The Kier molecular flexibility index (Phi) is 5.04. The molecule has 0 atom stereocenters. The number of carbonyl (C=O) groups is 1. The van der Waals surface area contributed by atoms with Crippen molar-refractivity contribution in [2.45, 2.75) is 88.6 Å². The largest absolute Gasteiger partial charge is 0.353 e. The van der Waals surface area contributed by atoms with E-state index in [-0.39, 0.29) is 11.4 Å². The molecule has 2 aliphatic carbocycles. The Bertz CT molecular complexity index is 264. The van der Waals surface area contributed by atoms with Crippen molar-refractivity contribution in [1.29, 1.82) is 0 Å². The predicted octanol–water partition coefficient (Wildman–Crippen LogP) is 2.88. The van der Waals surface area contributed by atoms with Crippen LogP contribution in [0.2, 0.25) is 0 Å². The van der Waals surface area contributed by atoms with Crippen molar-refractivity contribution >= 4 is 5.91 Å². The summed E-state index contributed by atoms with van der Waals surface area (Å²) in [5, 5.41) is 3.21. The Hall–Kier alpha value is -0.570. The minimum atomic E-state index is -0.215. The zero-order valence-electron chi connectivity index (χ0n) is 11.5. The zero-order chi connectivity index (χ0) is 12.8. The molecule has 0 spiro atoms. The normalized spacial score (nSPS) is 25.4. The van der Waals surface area contributed by atoms with Crippen LogP contribution >= 0.6 is 0 Å². The van der Waals surface area contributed by atoms with Crippen LogP contribution in [0, 0.1) is 0 Å². The number of rotatable bonds is 3. The second-order valence-electron chi connectivity index (χ2n) is 6.36. The molecule has 18 heavy (non-hydrogen) atoms. The van der Waals surface area contributed by atoms with Gasteiger partial charge in [-0.05, 0) is 25.7 Å². The van der Waals surface area contributed by atoms with Crippen LogP contribution in [0.3, 0.4) is 0 Å². The van der Waals surface area contributed by atoms with Gasteiger partial charge in [0.2, 0.25) is 5.91 Å². The Labute approximate surface area is 111 Å². The average molecular weight is 252 g/mol. The quantitative estimate of drug-likeness (QED) is 0.759. The van der Waals surface area contributed by atoms with Crippen molar-refractivity contribution in [2.75, 3.05) is 0 Å². The lowest BCUT2D eigenvalue weighted by molar-refractivity contribution is -0.123. The molecule has 0 aromatic heterocycles. The van der Waals surface area contributed by atoms with Gasteiger partial charge in [-0.15, -0.1) is 0 Å². The summed E-state index contributed by atoms with van der Waals surface area (Å²) in [4.78, 5) is 12.1. The maximum atomic E-state index is 12.1. The van der Waals surface area contributed by atoms with Crippen molar-refractivity contribution in [3.8, 4) is 0 Å². The molecule has 0 radical (unpaired) electrons. The molecule has 3 heteroatoms. The third-order valence-electron chi connectivity index (χ3n) is 4.58. The number of hydrogen-bond donors (Lipinski definition) is 2. The highest BCUT2D eigenvalue weighted by Gasteiger charge is 2.30. The van der Waals surface area contributed by atoms with Gasteiger partial charge in [-0.1, -0.05) is 44.9 Å². The molecule has 0 aromatic carbocycles. The van der Waals surface area contributed by atoms with Gasteiger partial charge in [0.1, 0.15) is 0 Å². The monoisotopic (exact) mass is 252 g/mol. The van der Waals surface area contributed by atoms with E-state index in [2.05, 4.69) is 5.32 Å². The van der Waals surface area contributed by atoms with Gasteiger partial charge >= 0.3 is 0 Å². The van der Waals surface area contributed by atoms with Crippen molar-refractivity contribution in [3.05, 3.63) is 0 Å². The van der Waals surface area contributed by atoms with E-state index in [1.165, 1.54) is 44.9 Å². The molecule has 3 nitrogen and oxygen atoms in total. The highest BCUT2D eigenvalue weighted by Crippen LogP contribution is 2.28. The first-order valence-corrected chi connectivity index (χ1v) is 7.76. The van der Waals surface area contributed by atoms with Crippen LogP contribution in [0.1, 0.15) is 77.0 Å². The first-order valence-electron chi connectivity index (χ1n) is 7.76. The molecule has 2 rings (SSSR count). The zero-order valence-corrected chi connectivity index (χ0v) is 11.5. The number of nitrogens with one attached hydrogen (secondary N) is 1. The van der Waals surface area contributed by atoms with E-state index >= 15 is 0 Å². The fourth-order valence-electron chi connectivity index (χ4n) is 3.45. The van der Waals surface area contributed by atoms with Crippen molar-refractivity contribution in [1.82, 2.24) is 5.32 Å². The van der Waals surface area contributed by atoms with Crippen LogP contribution in [0.15, 0.2) is 0 Å². The van der Waals surface area contributed by atoms with Gasteiger partial charge in [-0.2, -0.15) is 0 Å². The van der Waals surface area contributed by atoms with Crippen LogP contribution < -0.4 is 11.1 Å². The average Bonchev–Trinajstić information content (AvgIpc) is 2.57. The Balaban J connectivity index is 1.76. The van der Waals surface area contributed by atoms with E-state index in [9.17, 15) is 4.79 Å². The molecule has 0 aromatic rings. The molecule has 0 aliphatic heterocycles. The fourth-order valence-corrected chi connectivity index (χ4v) is 3.45. The van der Waals surface area contributed by atoms with Gasteiger partial charge in [0.25, 0.3) is 0 Å². The number of hydrogen-bond acceptors (Lipinski definition) is 2. The van der Waals surface area contributed by atoms with E-state index in [1.54, 1.807) is 0 Å². The van der Waals surface area contributed by atoms with Gasteiger partial charge in [-0.25, -0.2) is 0 Å². The number of amides is 1. The standard InChI is InChI=1S/C15H28N2O/c16-15(10-6-3-7-11-15)12-14(18)17-13-8-4-1-2-5-9-13/h13H,1-12,16H2,(H,17,18). The second kappa shape index (κ2) is 6.55. The Morgan fingerprint density at radius 2 is 1.56 bits per heavy atom. The fraction of sp³-hybridized carbons (Fsp3) is 0.933. The van der Waals surface area contributed by atoms with E-state index < -0.39 is 0 Å². The lowest BCUT2D eigenvalue weighted by Gasteiger charge is -2.33. The summed E-state index contributed by atoms with van der Waals surface area (Å²) in [6, 6.07) is 0.409. The summed E-state index contributed by atoms with van der Waals surface area (Å²) in [5.74, 6) is 0.186. The third kappa shape index (κ3) is 4.27. The number of carbonyl (C=O) groups excluding carboxylic acids is 1. The molecule has 0 saturated heterocycles. The summed E-state index contributed by atoms with van der Waals surface area (Å²) >= 11 is 0. The first-order chi connectivity index (χ1) is 8.68. The van der Waals surface area contributed by atoms with Gasteiger partial charge in [0.05, 0.1) is 0 Å². The minimum Gasteiger partial charge on any atom is -0.353 e. The topological polar surface area (TPSA) is 55.1 Å². The summed E-state index contributed by atoms with van der Waals surface area (Å²) in [6.07, 6.45) is 13.7. The maximum Gasteiger partial charge on any atom is 0.222 e. The van der Waals surface area contributed by atoms with Crippen LogP contribution in [-0.4, -0.2) is 17.5 Å². The van der Waals surface area contributed by atoms with E-state index in [0.717, 1.165) is 25.7 Å². The predicted molar refractivity (Wildman–Crippen MR) is 74.3 cm³/mol. The molecule has 0 bridgehead atoms. The van der Waals surface area contributed by atoms with Crippen LogP contribution in [0.5, 0.6) is 0 Å². The highest BCUT2D eigenvalue weighted by atomic mass is 16.1. The molecule has 104 valence electrons. The lowest BCUT2D eigenvalue weighted by atomic mass is 9.80. The Morgan fingerprint density at radius 1 is 1.00 bits per heavy atom. The van der Waals surface area contributed by atoms with Crippen LogP contribution in [0.4, 0.5) is 0 Å². The van der Waals surface area contributed by atoms with Crippen molar-refractivity contribution in [3.63, 3.8) is 0 Å². The molecular weight excluding hydrogens is 224 g/mol. The minimum absolute atomic E-state index is 0.186. The van der Waals surface area contributed by atoms with Crippen LogP contribution in [0.25, 0.3) is 0 Å². The summed E-state index contributed by atoms with van der Waals surface area (Å²) in [6.45, 7) is 0. The smallest absolute Gasteiger partial charge is 0.222 e. The second-order valence-corrected chi connectivity index (χ2v) is 6.36. The third-order valence-corrected chi connectivity index (χ3v) is 4.58. The highest BCUT2D eigenvalue weighted by molar-refractivity contribution is 5.77. The molecule has 2 fully saturated rings. The molecule has 2 saturated carbocycles. The van der Waals surface area contributed by atoms with Crippen molar-refractivity contribution in [2.24, 2.45) is 5.73 Å². The summed E-state index contributed by atoms with van der Waals surface area (Å²) in [7, 11) is 0. The Morgan fingerprint density at radius 3 is 2.17 bits per heavy atom. The molecule has 2 aliphatic rings. The molecule has 0 heterocycles. The molecule has 3 N–H and O–H groups in total. The molecular formula is C15H28N2O. The summed E-state index contributed by atoms with van der Waals surface area (Å²) in [5.41, 5.74) is 6.12. The molecule has 0 unspecified atom stereocenters. The van der Waals surface area contributed by atoms with Crippen molar-refractivity contribution < 1.29 is 4.79 Å². The van der Waals surface area contributed by atoms with Gasteiger partial charge in [-0.3, -0.25) is 4.79 Å². The number of nitrogens with two attached hydrogens (primary N) is 1. The van der Waals surface area contributed by atoms with E-state index in [1.807, 2.05) is 0 Å². The SMILES string of the molecule is NC1(CC(=O)NC2CCCCCC2)CCCCC1. The first kappa shape index (κ1) is 13.9. The summed E-state index contributed by atoms with van der Waals surface area (Å²) < 4.78 is 0.